The molecule has 0 radical (unpaired) electrons. The predicted molar refractivity (Wildman–Crippen MR) is 66.8 cm³/mol. The number of rotatable bonds is 2. The van der Waals surface area contributed by atoms with Crippen molar-refractivity contribution in [2.45, 2.75) is 31.1 Å². The molecule has 1 saturated carbocycles. The van der Waals surface area contributed by atoms with Crippen LogP contribution in [0.4, 0.5) is 8.78 Å². The summed E-state index contributed by atoms with van der Waals surface area (Å²) in [5.74, 6) is -5.37. The van der Waals surface area contributed by atoms with Gasteiger partial charge in [-0.25, -0.2) is 8.78 Å². The summed E-state index contributed by atoms with van der Waals surface area (Å²) in [5, 5.41) is 9.14. The van der Waals surface area contributed by atoms with Gasteiger partial charge in [-0.3, -0.25) is 4.79 Å². The van der Waals surface area contributed by atoms with Gasteiger partial charge in [0.2, 0.25) is 5.92 Å². The first-order chi connectivity index (χ1) is 8.41. The zero-order chi connectivity index (χ0) is 13.3. The molecule has 18 heavy (non-hydrogen) atoms. The fraction of sp³-hybridized carbons (Fsp3) is 0.462. The van der Waals surface area contributed by atoms with Crippen LogP contribution in [0.5, 0.6) is 0 Å². The van der Waals surface area contributed by atoms with E-state index in [1.165, 1.54) is 0 Å². The summed E-state index contributed by atoms with van der Waals surface area (Å²) < 4.78 is 27.4. The smallest absolute Gasteiger partial charge is 0.307 e. The van der Waals surface area contributed by atoms with E-state index in [0.29, 0.717) is 0 Å². The summed E-state index contributed by atoms with van der Waals surface area (Å²) in [6.45, 7) is 0. The normalized spacial score (nSPS) is 26.8. The molecule has 0 heterocycles. The molecule has 2 rings (SSSR count). The van der Waals surface area contributed by atoms with E-state index < -0.39 is 24.2 Å². The third kappa shape index (κ3) is 2.71. The zero-order valence-corrected chi connectivity index (χ0v) is 11.2. The van der Waals surface area contributed by atoms with E-state index in [0.717, 1.165) is 10.0 Å². The first kappa shape index (κ1) is 13.5. The Hall–Kier alpha value is -0.970. The van der Waals surface area contributed by atoms with Crippen molar-refractivity contribution in [3.63, 3.8) is 0 Å². The molecule has 5 heteroatoms. The largest absolute Gasteiger partial charge is 0.481 e. The van der Waals surface area contributed by atoms with Crippen LogP contribution in [0, 0.1) is 5.92 Å². The first-order valence-electron chi connectivity index (χ1n) is 5.76. The van der Waals surface area contributed by atoms with Gasteiger partial charge >= 0.3 is 5.97 Å². The van der Waals surface area contributed by atoms with Crippen molar-refractivity contribution in [1.82, 2.24) is 0 Å². The molecule has 0 saturated heterocycles. The second kappa shape index (κ2) is 4.96. The molecule has 98 valence electrons. The monoisotopic (exact) mass is 318 g/mol. The average Bonchev–Trinajstić information content (AvgIpc) is 2.29. The SMILES string of the molecule is O=C(O)[C@@H]1CC(F)(F)CCC1c1ccccc1Br. The van der Waals surface area contributed by atoms with E-state index in [2.05, 4.69) is 15.9 Å². The van der Waals surface area contributed by atoms with E-state index >= 15 is 0 Å². The first-order valence-corrected chi connectivity index (χ1v) is 6.55. The van der Waals surface area contributed by atoms with Gasteiger partial charge in [-0.2, -0.15) is 0 Å². The molecule has 0 aliphatic heterocycles. The third-order valence-corrected chi connectivity index (χ3v) is 4.17. The molecule has 1 aromatic carbocycles. The van der Waals surface area contributed by atoms with Crippen LogP contribution in [-0.2, 0) is 4.79 Å². The molecule has 1 N–H and O–H groups in total. The molecule has 0 aromatic heterocycles. The maximum Gasteiger partial charge on any atom is 0.307 e. The Labute approximate surface area is 112 Å². The van der Waals surface area contributed by atoms with E-state index in [-0.39, 0.29) is 18.8 Å². The van der Waals surface area contributed by atoms with Crippen molar-refractivity contribution in [2.75, 3.05) is 0 Å². The highest BCUT2D eigenvalue weighted by molar-refractivity contribution is 9.10. The lowest BCUT2D eigenvalue weighted by atomic mass is 9.74. The van der Waals surface area contributed by atoms with Crippen molar-refractivity contribution in [3.05, 3.63) is 34.3 Å². The Morgan fingerprint density at radius 1 is 1.39 bits per heavy atom. The molecule has 1 aliphatic rings. The number of benzene rings is 1. The van der Waals surface area contributed by atoms with Gasteiger partial charge in [0, 0.05) is 17.3 Å². The van der Waals surface area contributed by atoms with Crippen LogP contribution in [0.25, 0.3) is 0 Å². The maximum atomic E-state index is 13.3. The molecule has 1 fully saturated rings. The Morgan fingerprint density at radius 3 is 2.67 bits per heavy atom. The van der Waals surface area contributed by atoms with Crippen molar-refractivity contribution in [1.29, 1.82) is 0 Å². The van der Waals surface area contributed by atoms with Gasteiger partial charge in [-0.15, -0.1) is 0 Å². The minimum atomic E-state index is -2.86. The molecule has 1 unspecified atom stereocenters. The number of halogens is 3. The van der Waals surface area contributed by atoms with Gasteiger partial charge in [0.05, 0.1) is 5.92 Å². The molecule has 0 amide bonds. The number of carboxylic acids is 1. The molecule has 1 aromatic rings. The van der Waals surface area contributed by atoms with Crippen molar-refractivity contribution < 1.29 is 18.7 Å². The van der Waals surface area contributed by atoms with Crippen LogP contribution < -0.4 is 0 Å². The fourth-order valence-corrected chi connectivity index (χ4v) is 3.12. The van der Waals surface area contributed by atoms with Gasteiger partial charge in [-0.05, 0) is 24.0 Å². The summed E-state index contributed by atoms with van der Waals surface area (Å²) in [6.07, 6.45) is -0.621. The molecule has 1 aliphatic carbocycles. The van der Waals surface area contributed by atoms with Crippen molar-refractivity contribution in [2.24, 2.45) is 5.92 Å². The van der Waals surface area contributed by atoms with Crippen LogP contribution in [0.3, 0.4) is 0 Å². The molecular formula is C13H13BrF2O2. The zero-order valence-electron chi connectivity index (χ0n) is 9.57. The lowest BCUT2D eigenvalue weighted by Crippen LogP contribution is -2.35. The van der Waals surface area contributed by atoms with Gasteiger partial charge in [0.1, 0.15) is 0 Å². The van der Waals surface area contributed by atoms with Crippen LogP contribution in [0.1, 0.15) is 30.7 Å². The lowest BCUT2D eigenvalue weighted by Gasteiger charge is -2.34. The highest BCUT2D eigenvalue weighted by Gasteiger charge is 2.45. The Bertz CT molecular complexity index is 462. The van der Waals surface area contributed by atoms with E-state index in [9.17, 15) is 13.6 Å². The number of carboxylic acid groups (broad SMARTS) is 1. The van der Waals surface area contributed by atoms with E-state index in [4.69, 9.17) is 5.11 Å². The number of hydrogen-bond donors (Lipinski definition) is 1. The van der Waals surface area contributed by atoms with Crippen LogP contribution in [0.15, 0.2) is 28.7 Å². The second-order valence-corrected chi connectivity index (χ2v) is 5.53. The molecule has 2 atom stereocenters. The standard InChI is InChI=1S/C13H13BrF2O2/c14-11-4-2-1-3-9(11)8-5-6-13(15,16)7-10(8)12(17)18/h1-4,8,10H,5-7H2,(H,17,18)/t8?,10-/m1/s1. The highest BCUT2D eigenvalue weighted by Crippen LogP contribution is 2.46. The Kier molecular flexibility index (Phi) is 3.71. The lowest BCUT2D eigenvalue weighted by molar-refractivity contribution is -0.150. The summed E-state index contributed by atoms with van der Waals surface area (Å²) in [5.41, 5.74) is 0.806. The number of carbonyl (C=O) groups is 1. The third-order valence-electron chi connectivity index (χ3n) is 3.45. The molecule has 0 spiro atoms. The number of aliphatic carboxylic acids is 1. The van der Waals surface area contributed by atoms with Crippen LogP contribution in [0.2, 0.25) is 0 Å². The van der Waals surface area contributed by atoms with Crippen LogP contribution >= 0.6 is 15.9 Å². The van der Waals surface area contributed by atoms with E-state index in [1.54, 1.807) is 18.2 Å². The second-order valence-electron chi connectivity index (χ2n) is 4.67. The average molecular weight is 319 g/mol. The van der Waals surface area contributed by atoms with Gasteiger partial charge in [-0.1, -0.05) is 34.1 Å². The minimum Gasteiger partial charge on any atom is -0.481 e. The van der Waals surface area contributed by atoms with Gasteiger partial charge in [0.15, 0.2) is 0 Å². The minimum absolute atomic E-state index is 0.201. The predicted octanol–water partition coefficient (Wildman–Crippen LogP) is 4.05. The quantitative estimate of drug-likeness (QED) is 0.893. The maximum absolute atomic E-state index is 13.3. The summed E-state index contributed by atoms with van der Waals surface area (Å²) in [6, 6.07) is 7.22. The summed E-state index contributed by atoms with van der Waals surface area (Å²) >= 11 is 3.36. The molecular weight excluding hydrogens is 306 g/mol. The summed E-state index contributed by atoms with van der Waals surface area (Å²) in [7, 11) is 0. The Balaban J connectivity index is 2.32. The fourth-order valence-electron chi connectivity index (χ4n) is 2.54. The van der Waals surface area contributed by atoms with Crippen LogP contribution in [-0.4, -0.2) is 17.0 Å². The number of hydrogen-bond acceptors (Lipinski definition) is 1. The van der Waals surface area contributed by atoms with Gasteiger partial charge in [0.25, 0.3) is 0 Å². The topological polar surface area (TPSA) is 37.3 Å². The molecule has 2 nitrogen and oxygen atoms in total. The number of alkyl halides is 2. The van der Waals surface area contributed by atoms with Gasteiger partial charge < -0.3 is 5.11 Å². The summed E-state index contributed by atoms with van der Waals surface area (Å²) in [4.78, 5) is 11.2. The Morgan fingerprint density at radius 2 is 2.06 bits per heavy atom. The highest BCUT2D eigenvalue weighted by atomic mass is 79.9. The van der Waals surface area contributed by atoms with E-state index in [1.807, 2.05) is 6.07 Å². The van der Waals surface area contributed by atoms with Crippen molar-refractivity contribution >= 4 is 21.9 Å². The molecule has 0 bridgehead atoms. The van der Waals surface area contributed by atoms with Crippen molar-refractivity contribution in [3.8, 4) is 0 Å².